The molecule has 4 nitrogen and oxygen atoms in total. The topological polar surface area (TPSA) is 56.0 Å². The predicted octanol–water partition coefficient (Wildman–Crippen LogP) is 3.62. The Labute approximate surface area is 98.4 Å². The molecule has 0 aliphatic rings. The number of nitro groups is 1. The number of allylic oxidation sites excluding steroid dienone is 4. The summed E-state index contributed by atoms with van der Waals surface area (Å²) in [7, 11) is 0. The molecule has 0 N–H and O–H groups in total. The summed E-state index contributed by atoms with van der Waals surface area (Å²) in [6.45, 7) is 3.73. The molecule has 0 atom stereocenters. The molecule has 0 spiro atoms. The van der Waals surface area contributed by atoms with E-state index in [4.69, 9.17) is 11.6 Å². The van der Waals surface area contributed by atoms with E-state index in [0.29, 0.717) is 5.69 Å². The second kappa shape index (κ2) is 5.42. The molecule has 0 aliphatic heterocycles. The minimum absolute atomic E-state index is 0.107. The standard InChI is InChI=1S/C11H11ClN2O2/c1-3-5-8(4-2)11-10(12)6-9(7-13-11)14(15)16/h3-7H,1-2H3/b5-3-,8-4+. The molecular formula is C11H11ClN2O2. The summed E-state index contributed by atoms with van der Waals surface area (Å²) < 4.78 is 0. The average molecular weight is 239 g/mol. The van der Waals surface area contributed by atoms with Crippen molar-refractivity contribution in [3.05, 3.63) is 51.3 Å². The number of nitrogens with zero attached hydrogens (tertiary/aromatic N) is 2. The first kappa shape index (κ1) is 12.4. The maximum absolute atomic E-state index is 10.5. The van der Waals surface area contributed by atoms with Gasteiger partial charge in [-0.25, -0.2) is 4.98 Å². The van der Waals surface area contributed by atoms with Crippen molar-refractivity contribution in [2.45, 2.75) is 13.8 Å². The van der Waals surface area contributed by atoms with E-state index < -0.39 is 4.92 Å². The Morgan fingerprint density at radius 1 is 1.56 bits per heavy atom. The van der Waals surface area contributed by atoms with Crippen molar-refractivity contribution in [2.75, 3.05) is 0 Å². The van der Waals surface area contributed by atoms with Gasteiger partial charge in [-0.15, -0.1) is 0 Å². The normalized spacial score (nSPS) is 12.1. The number of hydrogen-bond donors (Lipinski definition) is 0. The van der Waals surface area contributed by atoms with E-state index in [1.54, 1.807) is 0 Å². The van der Waals surface area contributed by atoms with Gasteiger partial charge >= 0.3 is 0 Å². The molecule has 0 amide bonds. The van der Waals surface area contributed by atoms with Crippen LogP contribution >= 0.6 is 11.6 Å². The Bertz CT molecular complexity index is 467. The number of rotatable bonds is 3. The Kier molecular flexibility index (Phi) is 4.19. The van der Waals surface area contributed by atoms with Crippen LogP contribution in [0, 0.1) is 10.1 Å². The monoisotopic (exact) mass is 238 g/mol. The fraction of sp³-hybridized carbons (Fsp3) is 0.182. The van der Waals surface area contributed by atoms with Crippen molar-refractivity contribution in [1.82, 2.24) is 4.98 Å². The first-order valence-corrected chi connectivity index (χ1v) is 5.07. The zero-order chi connectivity index (χ0) is 12.1. The zero-order valence-corrected chi connectivity index (χ0v) is 9.73. The third kappa shape index (κ3) is 2.67. The second-order valence-corrected chi connectivity index (χ2v) is 3.43. The van der Waals surface area contributed by atoms with Crippen LogP contribution in [0.4, 0.5) is 5.69 Å². The predicted molar refractivity (Wildman–Crippen MR) is 64.4 cm³/mol. The van der Waals surface area contributed by atoms with Crippen molar-refractivity contribution < 1.29 is 4.92 Å². The highest BCUT2D eigenvalue weighted by molar-refractivity contribution is 6.32. The lowest BCUT2D eigenvalue weighted by Crippen LogP contribution is -1.93. The smallest absolute Gasteiger partial charge is 0.258 e. The van der Waals surface area contributed by atoms with Gasteiger partial charge in [0, 0.05) is 6.07 Å². The molecular weight excluding hydrogens is 228 g/mol. The molecule has 0 aromatic carbocycles. The fourth-order valence-electron chi connectivity index (χ4n) is 1.23. The number of aromatic nitrogens is 1. The molecule has 0 saturated heterocycles. The molecule has 0 bridgehead atoms. The molecule has 1 aromatic rings. The molecule has 0 fully saturated rings. The lowest BCUT2D eigenvalue weighted by Gasteiger charge is -2.03. The molecule has 0 aliphatic carbocycles. The van der Waals surface area contributed by atoms with E-state index in [1.165, 1.54) is 12.3 Å². The first-order valence-electron chi connectivity index (χ1n) is 4.69. The van der Waals surface area contributed by atoms with Crippen LogP contribution in [0.3, 0.4) is 0 Å². The third-order valence-electron chi connectivity index (χ3n) is 1.97. The van der Waals surface area contributed by atoms with E-state index in [0.717, 1.165) is 5.57 Å². The van der Waals surface area contributed by atoms with Gasteiger partial charge in [-0.2, -0.15) is 0 Å². The van der Waals surface area contributed by atoms with Crippen LogP contribution < -0.4 is 0 Å². The van der Waals surface area contributed by atoms with Crippen LogP contribution in [-0.2, 0) is 0 Å². The fourth-order valence-corrected chi connectivity index (χ4v) is 1.50. The van der Waals surface area contributed by atoms with Gasteiger partial charge in [-0.05, 0) is 19.4 Å². The molecule has 1 aromatic heterocycles. The van der Waals surface area contributed by atoms with Crippen LogP contribution in [0.5, 0.6) is 0 Å². The van der Waals surface area contributed by atoms with Gasteiger partial charge < -0.3 is 0 Å². The zero-order valence-electron chi connectivity index (χ0n) is 8.98. The van der Waals surface area contributed by atoms with Gasteiger partial charge in [0.1, 0.15) is 6.20 Å². The van der Waals surface area contributed by atoms with Crippen LogP contribution in [-0.4, -0.2) is 9.91 Å². The van der Waals surface area contributed by atoms with Gasteiger partial charge in [0.25, 0.3) is 5.69 Å². The van der Waals surface area contributed by atoms with Crippen molar-refractivity contribution >= 4 is 22.9 Å². The van der Waals surface area contributed by atoms with Gasteiger partial charge in [-0.1, -0.05) is 29.8 Å². The number of hydrogen-bond acceptors (Lipinski definition) is 3. The summed E-state index contributed by atoms with van der Waals surface area (Å²) in [6.07, 6.45) is 6.75. The molecule has 1 rings (SSSR count). The lowest BCUT2D eigenvalue weighted by atomic mass is 10.1. The summed E-state index contributed by atoms with van der Waals surface area (Å²) in [6, 6.07) is 1.30. The highest BCUT2D eigenvalue weighted by atomic mass is 35.5. The molecule has 84 valence electrons. The van der Waals surface area contributed by atoms with E-state index in [2.05, 4.69) is 4.98 Å². The third-order valence-corrected chi connectivity index (χ3v) is 2.26. The van der Waals surface area contributed by atoms with Gasteiger partial charge in [-0.3, -0.25) is 10.1 Å². The minimum Gasteiger partial charge on any atom is -0.258 e. The average Bonchev–Trinajstić information content (AvgIpc) is 2.26. The maximum atomic E-state index is 10.5. The summed E-state index contributed by atoms with van der Waals surface area (Å²) in [5.41, 5.74) is 1.28. The Hall–Kier alpha value is -1.68. The summed E-state index contributed by atoms with van der Waals surface area (Å²) in [4.78, 5) is 14.0. The highest BCUT2D eigenvalue weighted by Crippen LogP contribution is 2.26. The van der Waals surface area contributed by atoms with E-state index in [1.807, 2.05) is 32.1 Å². The van der Waals surface area contributed by atoms with E-state index >= 15 is 0 Å². The molecule has 0 unspecified atom stereocenters. The van der Waals surface area contributed by atoms with Gasteiger partial charge in [0.2, 0.25) is 0 Å². The van der Waals surface area contributed by atoms with Crippen LogP contribution in [0.15, 0.2) is 30.5 Å². The SMILES string of the molecule is C/C=C\C(=C/C)c1ncc([N+](=O)[O-])cc1Cl. The number of pyridine rings is 1. The quantitative estimate of drug-likeness (QED) is 0.459. The molecule has 0 radical (unpaired) electrons. The van der Waals surface area contributed by atoms with Crippen LogP contribution in [0.25, 0.3) is 5.57 Å². The lowest BCUT2D eigenvalue weighted by molar-refractivity contribution is -0.385. The van der Waals surface area contributed by atoms with Crippen molar-refractivity contribution in [3.63, 3.8) is 0 Å². The van der Waals surface area contributed by atoms with Crippen molar-refractivity contribution in [1.29, 1.82) is 0 Å². The van der Waals surface area contributed by atoms with Gasteiger partial charge in [0.05, 0.1) is 15.6 Å². The Morgan fingerprint density at radius 2 is 2.25 bits per heavy atom. The largest absolute Gasteiger partial charge is 0.289 e. The van der Waals surface area contributed by atoms with E-state index in [9.17, 15) is 10.1 Å². The minimum atomic E-state index is -0.520. The highest BCUT2D eigenvalue weighted by Gasteiger charge is 2.12. The van der Waals surface area contributed by atoms with Gasteiger partial charge in [0.15, 0.2) is 0 Å². The summed E-state index contributed by atoms with van der Waals surface area (Å²) in [5.74, 6) is 0. The number of halogens is 1. The van der Waals surface area contributed by atoms with Crippen molar-refractivity contribution in [2.24, 2.45) is 0 Å². The summed E-state index contributed by atoms with van der Waals surface area (Å²) in [5, 5.41) is 10.8. The van der Waals surface area contributed by atoms with Crippen LogP contribution in [0.2, 0.25) is 5.02 Å². The molecule has 5 heteroatoms. The Balaban J connectivity index is 3.22. The first-order chi connectivity index (χ1) is 7.60. The Morgan fingerprint density at radius 3 is 2.69 bits per heavy atom. The van der Waals surface area contributed by atoms with Crippen molar-refractivity contribution in [3.8, 4) is 0 Å². The molecule has 1 heterocycles. The van der Waals surface area contributed by atoms with Crippen LogP contribution in [0.1, 0.15) is 19.5 Å². The maximum Gasteiger partial charge on any atom is 0.289 e. The molecule has 16 heavy (non-hydrogen) atoms. The second-order valence-electron chi connectivity index (χ2n) is 3.03. The summed E-state index contributed by atoms with van der Waals surface area (Å²) >= 11 is 5.94. The molecule has 0 saturated carbocycles. The van der Waals surface area contributed by atoms with E-state index in [-0.39, 0.29) is 10.7 Å².